The molecule has 1 heterocycles. The third-order valence-corrected chi connectivity index (χ3v) is 7.59. The van der Waals surface area contributed by atoms with Gasteiger partial charge in [0, 0.05) is 21.5 Å². The maximum atomic E-state index is 10.6. The van der Waals surface area contributed by atoms with Crippen LogP contribution in [0.2, 0.25) is 0 Å². The fourth-order valence-corrected chi connectivity index (χ4v) is 5.49. The molecule has 0 aliphatic rings. The topological polar surface area (TPSA) is 67.8 Å². The molecule has 1 unspecified atom stereocenters. The lowest BCUT2D eigenvalue weighted by Gasteiger charge is -2.14. The summed E-state index contributed by atoms with van der Waals surface area (Å²) in [7, 11) is -2.83. The zero-order valence-corrected chi connectivity index (χ0v) is 23.8. The van der Waals surface area contributed by atoms with E-state index in [1.807, 2.05) is 0 Å². The molecule has 1 atom stereocenters. The molecule has 1 aromatic heterocycles. The van der Waals surface area contributed by atoms with Gasteiger partial charge < -0.3 is 19.5 Å². The Balaban J connectivity index is 1.53. The van der Waals surface area contributed by atoms with Gasteiger partial charge in [0.1, 0.15) is 5.75 Å². The molecular formula is C27H35BrNO4PS. The maximum Gasteiger partial charge on any atom is 0.316 e. The number of nitrogens with one attached hydrogen (secondary N) is 1. The van der Waals surface area contributed by atoms with Gasteiger partial charge in [-0.25, -0.2) is 0 Å². The van der Waals surface area contributed by atoms with Crippen LogP contribution in [-0.4, -0.2) is 24.7 Å². The molecule has 2 aromatic carbocycles. The fourth-order valence-electron chi connectivity index (χ4n) is 3.84. The zero-order valence-electron chi connectivity index (χ0n) is 20.4. The van der Waals surface area contributed by atoms with E-state index in [2.05, 4.69) is 89.0 Å². The Hall–Kier alpha value is -1.47. The molecule has 0 saturated carbocycles. The van der Waals surface area contributed by atoms with E-state index in [1.165, 1.54) is 26.0 Å². The van der Waals surface area contributed by atoms with Gasteiger partial charge >= 0.3 is 8.25 Å². The number of aryl methyl sites for hydroxylation is 1. The molecule has 0 radical (unpaired) electrons. The van der Waals surface area contributed by atoms with Crippen molar-refractivity contribution in [1.29, 1.82) is 0 Å². The van der Waals surface area contributed by atoms with Crippen molar-refractivity contribution in [2.75, 3.05) is 19.8 Å². The van der Waals surface area contributed by atoms with E-state index in [4.69, 9.17) is 14.2 Å². The summed E-state index contributed by atoms with van der Waals surface area (Å²) in [5.41, 5.74) is 4.97. The van der Waals surface area contributed by atoms with Crippen molar-refractivity contribution < 1.29 is 18.7 Å². The minimum absolute atomic E-state index is 0.285. The van der Waals surface area contributed by atoms with Gasteiger partial charge in [-0.3, -0.25) is 4.57 Å². The Labute approximate surface area is 222 Å². The van der Waals surface area contributed by atoms with E-state index in [0.29, 0.717) is 25.5 Å². The summed E-state index contributed by atoms with van der Waals surface area (Å²) < 4.78 is 22.7. The fraction of sp³-hybridized carbons (Fsp3) is 0.407. The number of halogens is 1. The zero-order chi connectivity index (χ0) is 25.0. The first-order valence-electron chi connectivity index (χ1n) is 12.1. The number of thiophene rings is 1. The van der Waals surface area contributed by atoms with Crippen molar-refractivity contribution in [3.05, 3.63) is 75.1 Å². The monoisotopic (exact) mass is 579 g/mol. The van der Waals surface area contributed by atoms with Crippen LogP contribution in [0, 0.1) is 5.92 Å². The van der Waals surface area contributed by atoms with E-state index >= 15 is 0 Å². The van der Waals surface area contributed by atoms with E-state index in [9.17, 15) is 4.57 Å². The highest BCUT2D eigenvalue weighted by Gasteiger charge is 2.10. The Bertz CT molecular complexity index is 1080. The van der Waals surface area contributed by atoms with Crippen LogP contribution in [-0.2, 0) is 28.5 Å². The lowest BCUT2D eigenvalue weighted by atomic mass is 10.0. The van der Waals surface area contributed by atoms with E-state index in [1.54, 1.807) is 11.3 Å². The number of ether oxygens (including phenoxy) is 1. The number of hydrogen-bond acceptors (Lipinski definition) is 5. The number of benzene rings is 2. The smallest absolute Gasteiger partial charge is 0.316 e. The van der Waals surface area contributed by atoms with Crippen LogP contribution in [0.15, 0.2) is 58.4 Å². The van der Waals surface area contributed by atoms with Crippen LogP contribution >= 0.6 is 35.5 Å². The molecule has 0 bridgehead atoms. The first-order chi connectivity index (χ1) is 16.9. The lowest BCUT2D eigenvalue weighted by molar-refractivity contribution is 0.276. The van der Waals surface area contributed by atoms with Gasteiger partial charge in [-0.1, -0.05) is 54.0 Å². The summed E-state index contributed by atoms with van der Waals surface area (Å²) in [6.45, 7) is 6.87. The van der Waals surface area contributed by atoms with Gasteiger partial charge in [0.15, 0.2) is 0 Å². The standard InChI is InChI=1S/C27H35BrNO4PS/c1-20(2)16-23-10-8-21(18-25(23)28)6-3-13-32-26-11-9-22(17-24(26)27-7-4-15-35-27)19-29-12-5-14-33-34(30)31/h4,7-11,15,17-18,20,29,34H,3,5-6,12-14,16,19H2,1-2H3,(H,30,31). The number of hydrogen-bond donors (Lipinski definition) is 2. The van der Waals surface area contributed by atoms with Gasteiger partial charge in [0.05, 0.1) is 13.2 Å². The van der Waals surface area contributed by atoms with Crippen LogP contribution in [0.5, 0.6) is 5.75 Å². The third kappa shape index (κ3) is 9.83. The molecule has 0 aliphatic heterocycles. The second kappa shape index (κ2) is 14.9. The Morgan fingerprint density at radius 2 is 1.91 bits per heavy atom. The minimum atomic E-state index is -2.83. The lowest BCUT2D eigenvalue weighted by Crippen LogP contribution is -2.16. The summed E-state index contributed by atoms with van der Waals surface area (Å²) in [5, 5.41) is 5.44. The Morgan fingerprint density at radius 3 is 2.63 bits per heavy atom. The molecule has 0 amide bonds. The van der Waals surface area contributed by atoms with Crippen LogP contribution in [0.3, 0.4) is 0 Å². The van der Waals surface area contributed by atoms with Crippen molar-refractivity contribution in [1.82, 2.24) is 5.32 Å². The highest BCUT2D eigenvalue weighted by molar-refractivity contribution is 9.10. The van der Waals surface area contributed by atoms with Crippen LogP contribution in [0.4, 0.5) is 0 Å². The predicted octanol–water partition coefficient (Wildman–Crippen LogP) is 7.27. The molecule has 35 heavy (non-hydrogen) atoms. The van der Waals surface area contributed by atoms with Gasteiger partial charge in [-0.15, -0.1) is 11.3 Å². The average Bonchev–Trinajstić information content (AvgIpc) is 3.35. The summed E-state index contributed by atoms with van der Waals surface area (Å²) in [5.74, 6) is 1.55. The van der Waals surface area contributed by atoms with Crippen LogP contribution in [0.25, 0.3) is 10.4 Å². The molecule has 3 rings (SSSR count). The first-order valence-corrected chi connectivity index (χ1v) is 15.0. The van der Waals surface area contributed by atoms with Crippen molar-refractivity contribution in [2.24, 2.45) is 5.92 Å². The molecule has 8 heteroatoms. The second-order valence-electron chi connectivity index (χ2n) is 8.93. The second-order valence-corrected chi connectivity index (χ2v) is 11.6. The first kappa shape index (κ1) is 28.1. The molecule has 0 aliphatic carbocycles. The quantitative estimate of drug-likeness (QED) is 0.146. The van der Waals surface area contributed by atoms with Gasteiger partial charge in [-0.05, 0) is 84.5 Å². The predicted molar refractivity (Wildman–Crippen MR) is 150 cm³/mol. The largest absolute Gasteiger partial charge is 0.493 e. The molecule has 0 fully saturated rings. The molecular weight excluding hydrogens is 545 g/mol. The molecule has 2 N–H and O–H groups in total. The molecule has 190 valence electrons. The summed E-state index contributed by atoms with van der Waals surface area (Å²) >= 11 is 5.44. The van der Waals surface area contributed by atoms with Crippen LogP contribution < -0.4 is 10.1 Å². The van der Waals surface area contributed by atoms with Crippen LogP contribution in [0.1, 0.15) is 43.4 Å². The van der Waals surface area contributed by atoms with Gasteiger partial charge in [0.2, 0.25) is 0 Å². The molecule has 5 nitrogen and oxygen atoms in total. The highest BCUT2D eigenvalue weighted by Crippen LogP contribution is 2.34. The number of rotatable bonds is 15. The summed E-state index contributed by atoms with van der Waals surface area (Å²) in [6, 6.07) is 17.2. The van der Waals surface area contributed by atoms with E-state index in [-0.39, 0.29) is 6.61 Å². The molecule has 0 spiro atoms. The summed E-state index contributed by atoms with van der Waals surface area (Å²) in [4.78, 5) is 9.89. The van der Waals surface area contributed by atoms with Gasteiger partial charge in [-0.2, -0.15) is 0 Å². The normalized spacial score (nSPS) is 12.3. The van der Waals surface area contributed by atoms with Crippen molar-refractivity contribution in [3.8, 4) is 16.2 Å². The van der Waals surface area contributed by atoms with Gasteiger partial charge in [0.25, 0.3) is 0 Å². The van der Waals surface area contributed by atoms with E-state index in [0.717, 1.165) is 37.1 Å². The van der Waals surface area contributed by atoms with E-state index < -0.39 is 8.25 Å². The summed E-state index contributed by atoms with van der Waals surface area (Å²) in [6.07, 6.45) is 3.70. The maximum absolute atomic E-state index is 10.6. The van der Waals surface area contributed by atoms with Crippen molar-refractivity contribution >= 4 is 35.5 Å². The minimum Gasteiger partial charge on any atom is -0.493 e. The average molecular weight is 581 g/mol. The third-order valence-electron chi connectivity index (χ3n) is 5.50. The van der Waals surface area contributed by atoms with Crippen molar-refractivity contribution in [3.63, 3.8) is 0 Å². The molecule has 0 saturated heterocycles. The molecule has 3 aromatic rings. The van der Waals surface area contributed by atoms with Crippen molar-refractivity contribution in [2.45, 2.75) is 46.1 Å². The Kier molecular flexibility index (Phi) is 12.0. The SMILES string of the molecule is CC(C)Cc1ccc(CCCOc2ccc(CNCCCO[PH](=O)O)cc2-c2cccs2)cc1Br. The highest BCUT2D eigenvalue weighted by atomic mass is 79.9. The Morgan fingerprint density at radius 1 is 1.09 bits per heavy atom.